The van der Waals surface area contributed by atoms with Crippen molar-refractivity contribution in [3.8, 4) is 11.5 Å². The van der Waals surface area contributed by atoms with Crippen LogP contribution in [-0.2, 0) is 0 Å². The molecule has 0 atom stereocenters. The summed E-state index contributed by atoms with van der Waals surface area (Å²) in [5, 5.41) is 0.499. The molecule has 4 heteroatoms. The van der Waals surface area contributed by atoms with E-state index in [2.05, 4.69) is 15.9 Å². The van der Waals surface area contributed by atoms with Gasteiger partial charge in [-0.25, -0.2) is 0 Å². The van der Waals surface area contributed by atoms with Gasteiger partial charge in [0.25, 0.3) is 0 Å². The average molecular weight is 327 g/mol. The molecule has 0 aliphatic heterocycles. The molecule has 2 rings (SSSR count). The van der Waals surface area contributed by atoms with E-state index in [9.17, 15) is 0 Å². The van der Waals surface area contributed by atoms with Gasteiger partial charge in [0.15, 0.2) is 0 Å². The number of ether oxygens (including phenoxy) is 1. The first-order chi connectivity index (χ1) is 8.47. The Kier molecular flexibility index (Phi) is 3.83. The van der Waals surface area contributed by atoms with E-state index in [4.69, 9.17) is 22.1 Å². The quantitative estimate of drug-likeness (QED) is 0.780. The molecule has 94 valence electrons. The largest absolute Gasteiger partial charge is 0.456 e. The van der Waals surface area contributed by atoms with Crippen molar-refractivity contribution in [2.45, 2.75) is 13.8 Å². The molecular weight excluding hydrogens is 314 g/mol. The number of nitrogen functional groups attached to an aromatic ring is 1. The first-order valence-electron chi connectivity index (χ1n) is 5.47. The van der Waals surface area contributed by atoms with Crippen LogP contribution in [0, 0.1) is 13.8 Å². The van der Waals surface area contributed by atoms with E-state index in [1.165, 1.54) is 5.56 Å². The molecule has 0 bridgehead atoms. The van der Waals surface area contributed by atoms with Crippen LogP contribution in [-0.4, -0.2) is 0 Å². The minimum Gasteiger partial charge on any atom is -0.456 e. The lowest BCUT2D eigenvalue weighted by molar-refractivity contribution is 0.476. The van der Waals surface area contributed by atoms with Gasteiger partial charge in [0, 0.05) is 6.07 Å². The second-order valence-electron chi connectivity index (χ2n) is 4.18. The normalized spacial score (nSPS) is 10.4. The first-order valence-corrected chi connectivity index (χ1v) is 6.64. The van der Waals surface area contributed by atoms with Crippen LogP contribution in [0.5, 0.6) is 11.5 Å². The smallest absolute Gasteiger partial charge is 0.141 e. The van der Waals surface area contributed by atoms with Crippen LogP contribution in [0.2, 0.25) is 5.02 Å². The zero-order chi connectivity index (χ0) is 13.3. The highest BCUT2D eigenvalue weighted by molar-refractivity contribution is 9.10. The van der Waals surface area contributed by atoms with E-state index in [0.29, 0.717) is 16.5 Å². The van der Waals surface area contributed by atoms with Crippen LogP contribution in [0.15, 0.2) is 34.8 Å². The van der Waals surface area contributed by atoms with Gasteiger partial charge in [-0.15, -0.1) is 0 Å². The van der Waals surface area contributed by atoms with Crippen molar-refractivity contribution in [2.24, 2.45) is 0 Å². The molecule has 0 saturated carbocycles. The number of hydrogen-bond acceptors (Lipinski definition) is 2. The van der Waals surface area contributed by atoms with Crippen molar-refractivity contribution in [2.75, 3.05) is 5.73 Å². The lowest BCUT2D eigenvalue weighted by Gasteiger charge is -2.12. The average Bonchev–Trinajstić information content (AvgIpc) is 2.29. The maximum absolute atomic E-state index is 6.00. The summed E-state index contributed by atoms with van der Waals surface area (Å²) in [7, 11) is 0. The molecule has 0 saturated heterocycles. The van der Waals surface area contributed by atoms with Crippen molar-refractivity contribution in [3.63, 3.8) is 0 Å². The summed E-state index contributed by atoms with van der Waals surface area (Å²) in [6.07, 6.45) is 0. The van der Waals surface area contributed by atoms with Gasteiger partial charge in [-0.3, -0.25) is 0 Å². The highest BCUT2D eigenvalue weighted by Gasteiger charge is 2.08. The van der Waals surface area contributed by atoms with E-state index >= 15 is 0 Å². The molecule has 2 nitrogen and oxygen atoms in total. The van der Waals surface area contributed by atoms with E-state index < -0.39 is 0 Å². The van der Waals surface area contributed by atoms with Crippen LogP contribution >= 0.6 is 27.5 Å². The second-order valence-corrected chi connectivity index (χ2v) is 5.44. The fraction of sp³-hybridized carbons (Fsp3) is 0.143. The summed E-state index contributed by atoms with van der Waals surface area (Å²) in [5.41, 5.74) is 8.41. The summed E-state index contributed by atoms with van der Waals surface area (Å²) in [6, 6.07) is 9.46. The van der Waals surface area contributed by atoms with E-state index in [-0.39, 0.29) is 0 Å². The summed E-state index contributed by atoms with van der Waals surface area (Å²) < 4.78 is 6.76. The number of rotatable bonds is 2. The molecule has 0 aromatic heterocycles. The molecule has 2 aromatic carbocycles. The van der Waals surface area contributed by atoms with Crippen LogP contribution < -0.4 is 10.5 Å². The standard InChI is InChI=1S/C14H13BrClNO/c1-8-3-4-13(10(15)5-8)18-14-7-11(16)12(17)6-9(14)2/h3-7H,17H2,1-2H3. The monoisotopic (exact) mass is 325 g/mol. The first kappa shape index (κ1) is 13.2. The molecule has 2 aromatic rings. The fourth-order valence-electron chi connectivity index (χ4n) is 1.60. The molecule has 0 aliphatic rings. The van der Waals surface area contributed by atoms with E-state index in [1.807, 2.05) is 32.0 Å². The third kappa shape index (κ3) is 2.79. The van der Waals surface area contributed by atoms with E-state index in [0.717, 1.165) is 15.8 Å². The third-order valence-electron chi connectivity index (χ3n) is 2.60. The van der Waals surface area contributed by atoms with Gasteiger partial charge in [0.1, 0.15) is 11.5 Å². The van der Waals surface area contributed by atoms with Crippen LogP contribution in [0.4, 0.5) is 5.69 Å². The van der Waals surface area contributed by atoms with Crippen LogP contribution in [0.1, 0.15) is 11.1 Å². The summed E-state index contributed by atoms with van der Waals surface area (Å²) in [4.78, 5) is 0. The van der Waals surface area contributed by atoms with Crippen molar-refractivity contribution in [1.29, 1.82) is 0 Å². The summed E-state index contributed by atoms with van der Waals surface area (Å²) in [5.74, 6) is 1.46. The Hall–Kier alpha value is -1.19. The maximum atomic E-state index is 6.00. The molecule has 0 fully saturated rings. The lowest BCUT2D eigenvalue weighted by atomic mass is 10.2. The number of benzene rings is 2. The fourth-order valence-corrected chi connectivity index (χ4v) is 2.33. The summed E-state index contributed by atoms with van der Waals surface area (Å²) >= 11 is 9.48. The van der Waals surface area contributed by atoms with Gasteiger partial charge in [0.2, 0.25) is 0 Å². The predicted molar refractivity (Wildman–Crippen MR) is 79.6 cm³/mol. The molecule has 0 aliphatic carbocycles. The predicted octanol–water partition coefficient (Wildman–Crippen LogP) is 5.09. The lowest BCUT2D eigenvalue weighted by Crippen LogP contribution is -1.93. The van der Waals surface area contributed by atoms with Crippen molar-refractivity contribution in [1.82, 2.24) is 0 Å². The molecule has 18 heavy (non-hydrogen) atoms. The zero-order valence-electron chi connectivity index (χ0n) is 10.1. The minimum absolute atomic E-state index is 0.499. The minimum atomic E-state index is 0.499. The Labute approximate surface area is 120 Å². The van der Waals surface area contributed by atoms with Crippen LogP contribution in [0.25, 0.3) is 0 Å². The molecule has 0 amide bonds. The number of halogens is 2. The van der Waals surface area contributed by atoms with E-state index in [1.54, 1.807) is 12.1 Å². The van der Waals surface area contributed by atoms with Gasteiger partial charge in [0.05, 0.1) is 15.2 Å². The Morgan fingerprint density at radius 1 is 1.11 bits per heavy atom. The number of aryl methyl sites for hydroxylation is 2. The maximum Gasteiger partial charge on any atom is 0.141 e. The van der Waals surface area contributed by atoms with Gasteiger partial charge in [-0.1, -0.05) is 17.7 Å². The molecule has 2 N–H and O–H groups in total. The topological polar surface area (TPSA) is 35.2 Å². The highest BCUT2D eigenvalue weighted by Crippen LogP contribution is 2.35. The van der Waals surface area contributed by atoms with Gasteiger partial charge in [-0.2, -0.15) is 0 Å². The van der Waals surface area contributed by atoms with Crippen molar-refractivity contribution < 1.29 is 4.74 Å². The molecule has 0 radical (unpaired) electrons. The van der Waals surface area contributed by atoms with Gasteiger partial charge < -0.3 is 10.5 Å². The Bertz CT molecular complexity index is 599. The highest BCUT2D eigenvalue weighted by atomic mass is 79.9. The van der Waals surface area contributed by atoms with Crippen LogP contribution in [0.3, 0.4) is 0 Å². The molecule has 0 spiro atoms. The SMILES string of the molecule is Cc1ccc(Oc2cc(Cl)c(N)cc2C)c(Br)c1. The third-order valence-corrected chi connectivity index (χ3v) is 3.55. The summed E-state index contributed by atoms with van der Waals surface area (Å²) in [6.45, 7) is 3.96. The number of anilines is 1. The zero-order valence-corrected chi connectivity index (χ0v) is 12.5. The Morgan fingerprint density at radius 3 is 2.50 bits per heavy atom. The molecule has 0 heterocycles. The number of hydrogen-bond donors (Lipinski definition) is 1. The second kappa shape index (κ2) is 5.21. The van der Waals surface area contributed by atoms with Gasteiger partial charge >= 0.3 is 0 Å². The molecule has 0 unspecified atom stereocenters. The molecular formula is C14H13BrClNO. The number of nitrogens with two attached hydrogens (primary N) is 1. The van der Waals surface area contributed by atoms with Gasteiger partial charge in [-0.05, 0) is 59.1 Å². The van der Waals surface area contributed by atoms with Crippen molar-refractivity contribution in [3.05, 3.63) is 51.0 Å². The Morgan fingerprint density at radius 2 is 1.83 bits per heavy atom. The van der Waals surface area contributed by atoms with Crippen molar-refractivity contribution >= 4 is 33.2 Å². The Balaban J connectivity index is 2.37.